The van der Waals surface area contributed by atoms with Gasteiger partial charge in [-0.3, -0.25) is 0 Å². The summed E-state index contributed by atoms with van der Waals surface area (Å²) in [6.45, 7) is 5.16. The van der Waals surface area contributed by atoms with E-state index in [1.807, 2.05) is 18.2 Å². The van der Waals surface area contributed by atoms with Crippen molar-refractivity contribution >= 4 is 28.5 Å². The average Bonchev–Trinajstić information content (AvgIpc) is 3.01. The van der Waals surface area contributed by atoms with Crippen LogP contribution in [0.25, 0.3) is 11.1 Å². The van der Waals surface area contributed by atoms with Gasteiger partial charge < -0.3 is 19.4 Å². The monoisotopic (exact) mass is 309 g/mol. The zero-order valence-corrected chi connectivity index (χ0v) is 13.1. The normalized spacial score (nSPS) is 15.1. The minimum atomic E-state index is 0.677. The molecule has 2 aromatic carbocycles. The molecule has 5 heteroatoms. The fourth-order valence-electron chi connectivity index (χ4n) is 2.68. The van der Waals surface area contributed by atoms with Crippen molar-refractivity contribution in [2.75, 3.05) is 36.5 Å². The Labute approximate surface area is 134 Å². The van der Waals surface area contributed by atoms with Crippen LogP contribution in [0, 0.1) is 6.92 Å². The predicted molar refractivity (Wildman–Crippen MR) is 91.5 cm³/mol. The summed E-state index contributed by atoms with van der Waals surface area (Å²) in [6, 6.07) is 15.0. The number of benzene rings is 2. The van der Waals surface area contributed by atoms with E-state index < -0.39 is 0 Å². The summed E-state index contributed by atoms with van der Waals surface area (Å²) in [6.07, 6.45) is 0. The van der Waals surface area contributed by atoms with Gasteiger partial charge in [0.25, 0.3) is 6.01 Å². The van der Waals surface area contributed by atoms with Gasteiger partial charge in [-0.15, -0.1) is 0 Å². The number of rotatable bonds is 3. The van der Waals surface area contributed by atoms with E-state index in [-0.39, 0.29) is 0 Å². The number of nitrogens with zero attached hydrogens (tertiary/aromatic N) is 2. The average molecular weight is 309 g/mol. The summed E-state index contributed by atoms with van der Waals surface area (Å²) in [5.41, 5.74) is 4.97. The second-order valence-electron chi connectivity index (χ2n) is 5.77. The highest BCUT2D eigenvalue weighted by Gasteiger charge is 2.17. The number of aromatic nitrogens is 1. The number of oxazole rings is 1. The van der Waals surface area contributed by atoms with Gasteiger partial charge in [0.15, 0.2) is 5.58 Å². The minimum absolute atomic E-state index is 0.677. The lowest BCUT2D eigenvalue weighted by atomic mass is 10.2. The lowest BCUT2D eigenvalue weighted by Crippen LogP contribution is -2.36. The van der Waals surface area contributed by atoms with Crippen LogP contribution in [-0.2, 0) is 4.74 Å². The molecule has 1 saturated heterocycles. The smallest absolute Gasteiger partial charge is 0.298 e. The van der Waals surface area contributed by atoms with Crippen LogP contribution < -0.4 is 10.2 Å². The largest absolute Gasteiger partial charge is 0.423 e. The topological polar surface area (TPSA) is 50.5 Å². The van der Waals surface area contributed by atoms with Gasteiger partial charge in [0.05, 0.1) is 13.2 Å². The van der Waals surface area contributed by atoms with Gasteiger partial charge in [-0.2, -0.15) is 4.98 Å². The predicted octanol–water partition coefficient (Wildman–Crippen LogP) is 3.72. The van der Waals surface area contributed by atoms with Gasteiger partial charge >= 0.3 is 0 Å². The molecule has 0 unspecified atom stereocenters. The van der Waals surface area contributed by atoms with Crippen LogP contribution in [0.4, 0.5) is 17.4 Å². The molecule has 0 radical (unpaired) electrons. The first-order valence-electron chi connectivity index (χ1n) is 7.85. The fourth-order valence-corrected chi connectivity index (χ4v) is 2.68. The summed E-state index contributed by atoms with van der Waals surface area (Å²) in [4.78, 5) is 6.69. The van der Waals surface area contributed by atoms with Gasteiger partial charge in [-0.05, 0) is 31.2 Å². The van der Waals surface area contributed by atoms with Crippen LogP contribution in [0.5, 0.6) is 0 Å². The van der Waals surface area contributed by atoms with Crippen molar-refractivity contribution in [3.63, 3.8) is 0 Å². The van der Waals surface area contributed by atoms with Crippen LogP contribution in [0.3, 0.4) is 0 Å². The maximum Gasteiger partial charge on any atom is 0.298 e. The molecule has 2 heterocycles. The zero-order valence-electron chi connectivity index (χ0n) is 13.1. The molecular weight excluding hydrogens is 290 g/mol. The van der Waals surface area contributed by atoms with Crippen molar-refractivity contribution < 1.29 is 9.15 Å². The number of anilines is 3. The first-order chi connectivity index (χ1) is 11.3. The van der Waals surface area contributed by atoms with Crippen LogP contribution in [0.2, 0.25) is 0 Å². The van der Waals surface area contributed by atoms with Gasteiger partial charge in [0, 0.05) is 30.5 Å². The molecule has 0 saturated carbocycles. The molecule has 118 valence electrons. The Morgan fingerprint density at radius 3 is 2.52 bits per heavy atom. The summed E-state index contributed by atoms with van der Waals surface area (Å²) in [7, 11) is 0. The maximum absolute atomic E-state index is 5.92. The highest BCUT2D eigenvalue weighted by Crippen LogP contribution is 2.26. The van der Waals surface area contributed by atoms with Crippen molar-refractivity contribution in [2.24, 2.45) is 0 Å². The van der Waals surface area contributed by atoms with Crippen molar-refractivity contribution in [3.05, 3.63) is 48.0 Å². The van der Waals surface area contributed by atoms with E-state index in [0.717, 1.165) is 48.8 Å². The van der Waals surface area contributed by atoms with E-state index in [2.05, 4.69) is 46.4 Å². The molecule has 5 nitrogen and oxygen atoms in total. The fraction of sp³-hybridized carbons (Fsp3) is 0.278. The number of fused-ring (bicyclic) bond motifs is 1. The summed E-state index contributed by atoms with van der Waals surface area (Å²) in [5, 5.41) is 3.39. The minimum Gasteiger partial charge on any atom is -0.423 e. The zero-order chi connectivity index (χ0) is 15.6. The molecule has 4 rings (SSSR count). The van der Waals surface area contributed by atoms with Crippen molar-refractivity contribution in [1.82, 2.24) is 4.98 Å². The lowest BCUT2D eigenvalue weighted by Gasteiger charge is -2.24. The van der Waals surface area contributed by atoms with Crippen LogP contribution in [-0.4, -0.2) is 31.3 Å². The molecule has 1 aliphatic heterocycles. The second kappa shape index (κ2) is 5.93. The van der Waals surface area contributed by atoms with E-state index >= 15 is 0 Å². The van der Waals surface area contributed by atoms with Crippen molar-refractivity contribution in [1.29, 1.82) is 0 Å². The van der Waals surface area contributed by atoms with E-state index in [0.29, 0.717) is 6.01 Å². The Hall–Kier alpha value is -2.53. The Kier molecular flexibility index (Phi) is 3.63. The highest BCUT2D eigenvalue weighted by atomic mass is 16.5. The summed E-state index contributed by atoms with van der Waals surface area (Å²) in [5.74, 6) is 0. The SMILES string of the molecule is Cc1ccc(Nc2ccc3nc(N4CCOCC4)oc3c2)cc1. The van der Waals surface area contributed by atoms with Gasteiger partial charge in [0.2, 0.25) is 0 Å². The molecule has 23 heavy (non-hydrogen) atoms. The third kappa shape index (κ3) is 3.00. The van der Waals surface area contributed by atoms with Crippen molar-refractivity contribution in [3.8, 4) is 0 Å². The van der Waals surface area contributed by atoms with E-state index in [1.165, 1.54) is 5.56 Å². The van der Waals surface area contributed by atoms with Gasteiger partial charge in [0.1, 0.15) is 5.52 Å². The Morgan fingerprint density at radius 2 is 1.74 bits per heavy atom. The Morgan fingerprint density at radius 1 is 1.00 bits per heavy atom. The maximum atomic E-state index is 5.92. The third-order valence-electron chi connectivity index (χ3n) is 4.00. The van der Waals surface area contributed by atoms with Crippen LogP contribution in [0.1, 0.15) is 5.56 Å². The highest BCUT2D eigenvalue weighted by molar-refractivity contribution is 5.80. The Bertz CT molecular complexity index is 805. The molecule has 1 fully saturated rings. The number of ether oxygens (including phenoxy) is 1. The molecule has 1 N–H and O–H groups in total. The summed E-state index contributed by atoms with van der Waals surface area (Å²) < 4.78 is 11.3. The van der Waals surface area contributed by atoms with E-state index in [4.69, 9.17) is 9.15 Å². The quantitative estimate of drug-likeness (QED) is 0.799. The number of nitrogens with one attached hydrogen (secondary N) is 1. The number of hydrogen-bond acceptors (Lipinski definition) is 5. The van der Waals surface area contributed by atoms with Crippen molar-refractivity contribution in [2.45, 2.75) is 6.92 Å². The van der Waals surface area contributed by atoms with Crippen LogP contribution >= 0.6 is 0 Å². The molecular formula is C18H19N3O2. The van der Waals surface area contributed by atoms with Gasteiger partial charge in [-0.1, -0.05) is 17.7 Å². The standard InChI is InChI=1S/C18H19N3O2/c1-13-2-4-14(5-3-13)19-15-6-7-16-17(12-15)23-18(20-16)21-8-10-22-11-9-21/h2-7,12,19H,8-11H2,1H3. The number of morpholine rings is 1. The third-order valence-corrected chi connectivity index (χ3v) is 4.00. The summed E-state index contributed by atoms with van der Waals surface area (Å²) >= 11 is 0. The van der Waals surface area contributed by atoms with E-state index in [9.17, 15) is 0 Å². The first kappa shape index (κ1) is 14.1. The molecule has 1 aliphatic rings. The molecule has 1 aromatic heterocycles. The van der Waals surface area contributed by atoms with Gasteiger partial charge in [-0.25, -0.2) is 0 Å². The van der Waals surface area contributed by atoms with E-state index in [1.54, 1.807) is 0 Å². The molecule has 0 atom stereocenters. The number of hydrogen-bond donors (Lipinski definition) is 1. The molecule has 0 amide bonds. The molecule has 3 aromatic rings. The van der Waals surface area contributed by atoms with Crippen LogP contribution in [0.15, 0.2) is 46.9 Å². The molecule has 0 spiro atoms. The lowest BCUT2D eigenvalue weighted by molar-refractivity contribution is 0.120. The molecule has 0 bridgehead atoms. The second-order valence-corrected chi connectivity index (χ2v) is 5.77. The Balaban J connectivity index is 1.58. The first-order valence-corrected chi connectivity index (χ1v) is 7.85. The number of aryl methyl sites for hydroxylation is 1. The molecule has 0 aliphatic carbocycles.